The Balaban J connectivity index is 2.63. The average molecular weight is 279 g/mol. The summed E-state index contributed by atoms with van der Waals surface area (Å²) in [5.74, 6) is -1.78. The van der Waals surface area contributed by atoms with E-state index in [9.17, 15) is 9.59 Å². The Morgan fingerprint density at radius 3 is 2.40 bits per heavy atom. The lowest BCUT2D eigenvalue weighted by Gasteiger charge is -2.12. The quantitative estimate of drug-likeness (QED) is 0.679. The monoisotopic (exact) mass is 279 g/mol. The summed E-state index contributed by atoms with van der Waals surface area (Å²) in [7, 11) is 0. The number of unbranched alkanes of at least 4 members (excludes halogenated alkanes) is 2. The molecule has 0 aliphatic rings. The minimum Gasteiger partial charge on any atom is -0.494 e. The van der Waals surface area contributed by atoms with E-state index in [-0.39, 0.29) is 6.42 Å². The molecule has 1 aromatic carbocycles. The van der Waals surface area contributed by atoms with Crippen molar-refractivity contribution in [3.8, 4) is 5.75 Å². The van der Waals surface area contributed by atoms with Crippen LogP contribution in [-0.2, 0) is 9.59 Å². The second-order valence-corrected chi connectivity index (χ2v) is 4.68. The van der Waals surface area contributed by atoms with Gasteiger partial charge in [-0.2, -0.15) is 0 Å². The summed E-state index contributed by atoms with van der Waals surface area (Å²) in [5.41, 5.74) is 5.83. The molecule has 0 aliphatic carbocycles. The van der Waals surface area contributed by atoms with Crippen LogP contribution in [0.5, 0.6) is 5.75 Å². The summed E-state index contributed by atoms with van der Waals surface area (Å²) in [6.45, 7) is 2.78. The van der Waals surface area contributed by atoms with E-state index in [0.29, 0.717) is 17.9 Å². The van der Waals surface area contributed by atoms with Gasteiger partial charge in [-0.3, -0.25) is 9.59 Å². The highest BCUT2D eigenvalue weighted by Gasteiger charge is 2.21. The van der Waals surface area contributed by atoms with Gasteiger partial charge in [0.05, 0.1) is 18.9 Å². The molecule has 0 fully saturated rings. The number of ether oxygens (including phenoxy) is 1. The van der Waals surface area contributed by atoms with Crippen molar-refractivity contribution in [1.29, 1.82) is 0 Å². The van der Waals surface area contributed by atoms with Gasteiger partial charge in [0.1, 0.15) is 5.75 Å². The Hall–Kier alpha value is -2.04. The normalized spacial score (nSPS) is 11.8. The summed E-state index contributed by atoms with van der Waals surface area (Å²) >= 11 is 0. The third kappa shape index (κ3) is 5.30. The van der Waals surface area contributed by atoms with Crippen LogP contribution in [0.4, 0.5) is 0 Å². The lowest BCUT2D eigenvalue weighted by atomic mass is 9.95. The Morgan fingerprint density at radius 1 is 1.25 bits per heavy atom. The van der Waals surface area contributed by atoms with Crippen molar-refractivity contribution < 1.29 is 19.4 Å². The first-order valence-corrected chi connectivity index (χ1v) is 6.78. The number of rotatable bonds is 9. The van der Waals surface area contributed by atoms with E-state index in [4.69, 9.17) is 15.6 Å². The van der Waals surface area contributed by atoms with Crippen LogP contribution in [0.25, 0.3) is 0 Å². The Kier molecular flexibility index (Phi) is 6.56. The maximum atomic E-state index is 11.3. The number of hydrogen-bond acceptors (Lipinski definition) is 3. The summed E-state index contributed by atoms with van der Waals surface area (Å²) in [5, 5.41) is 8.78. The van der Waals surface area contributed by atoms with Gasteiger partial charge in [0.15, 0.2) is 0 Å². The third-order valence-electron chi connectivity index (χ3n) is 3.02. The van der Waals surface area contributed by atoms with Gasteiger partial charge in [0.2, 0.25) is 5.91 Å². The first-order chi connectivity index (χ1) is 9.54. The van der Waals surface area contributed by atoms with Crippen molar-refractivity contribution >= 4 is 11.9 Å². The van der Waals surface area contributed by atoms with Gasteiger partial charge in [-0.25, -0.2) is 0 Å². The molecule has 0 bridgehead atoms. The number of amides is 1. The van der Waals surface area contributed by atoms with Crippen LogP contribution in [-0.4, -0.2) is 23.6 Å². The number of carbonyl (C=O) groups is 2. The lowest BCUT2D eigenvalue weighted by molar-refractivity contribution is -0.139. The standard InChI is InChI=1S/C15H21NO4/c1-2-3-4-9-20-12-7-5-11(6-8-12)13(15(16)19)10-14(17)18/h5-8,13H,2-4,9-10H2,1H3,(H2,16,19)(H,17,18)/t13-/m1/s1. The van der Waals surface area contributed by atoms with Crippen molar-refractivity contribution in [2.24, 2.45) is 5.73 Å². The van der Waals surface area contributed by atoms with Gasteiger partial charge in [0, 0.05) is 0 Å². The number of hydrogen-bond donors (Lipinski definition) is 2. The molecule has 0 aromatic heterocycles. The highest BCUT2D eigenvalue weighted by atomic mass is 16.5. The fraction of sp³-hybridized carbons (Fsp3) is 0.467. The van der Waals surface area contributed by atoms with Gasteiger partial charge in [-0.15, -0.1) is 0 Å². The minimum atomic E-state index is -1.05. The molecule has 0 unspecified atom stereocenters. The van der Waals surface area contributed by atoms with Crippen LogP contribution in [0.1, 0.15) is 44.1 Å². The molecule has 0 saturated heterocycles. The molecule has 1 atom stereocenters. The molecule has 1 rings (SSSR count). The number of primary amides is 1. The number of carbonyl (C=O) groups excluding carboxylic acids is 1. The number of benzene rings is 1. The number of aliphatic carboxylic acids is 1. The molecule has 20 heavy (non-hydrogen) atoms. The fourth-order valence-corrected chi connectivity index (χ4v) is 1.90. The molecule has 0 saturated carbocycles. The largest absolute Gasteiger partial charge is 0.494 e. The molecule has 5 heteroatoms. The first kappa shape index (κ1) is 16.0. The highest BCUT2D eigenvalue weighted by Crippen LogP contribution is 2.22. The van der Waals surface area contributed by atoms with E-state index >= 15 is 0 Å². The zero-order valence-electron chi connectivity index (χ0n) is 11.7. The van der Waals surface area contributed by atoms with Crippen LogP contribution < -0.4 is 10.5 Å². The van der Waals surface area contributed by atoms with E-state index in [2.05, 4.69) is 6.92 Å². The van der Waals surface area contributed by atoms with E-state index in [1.54, 1.807) is 24.3 Å². The molecule has 3 N–H and O–H groups in total. The maximum Gasteiger partial charge on any atom is 0.304 e. The Labute approximate surface area is 118 Å². The summed E-state index contributed by atoms with van der Waals surface area (Å²) in [6.07, 6.45) is 2.96. The molecule has 110 valence electrons. The number of nitrogens with two attached hydrogens (primary N) is 1. The molecular formula is C15H21NO4. The topological polar surface area (TPSA) is 89.6 Å². The van der Waals surface area contributed by atoms with E-state index in [1.807, 2.05) is 0 Å². The van der Waals surface area contributed by atoms with Gasteiger partial charge >= 0.3 is 5.97 Å². The van der Waals surface area contributed by atoms with Gasteiger partial charge in [-0.1, -0.05) is 31.9 Å². The molecule has 0 spiro atoms. The minimum absolute atomic E-state index is 0.300. The van der Waals surface area contributed by atoms with Crippen molar-refractivity contribution in [2.75, 3.05) is 6.61 Å². The molecule has 1 amide bonds. The second-order valence-electron chi connectivity index (χ2n) is 4.68. The van der Waals surface area contributed by atoms with Crippen LogP contribution in [0.15, 0.2) is 24.3 Å². The average Bonchev–Trinajstić information content (AvgIpc) is 2.41. The molecular weight excluding hydrogens is 258 g/mol. The SMILES string of the molecule is CCCCCOc1ccc([C@@H](CC(=O)O)C(N)=O)cc1. The molecule has 0 aliphatic heterocycles. The van der Waals surface area contributed by atoms with Crippen molar-refractivity contribution in [3.63, 3.8) is 0 Å². The summed E-state index contributed by atoms with van der Waals surface area (Å²) in [6, 6.07) is 6.85. The van der Waals surface area contributed by atoms with Gasteiger partial charge < -0.3 is 15.6 Å². The third-order valence-corrected chi connectivity index (χ3v) is 3.02. The van der Waals surface area contributed by atoms with Crippen molar-refractivity contribution in [2.45, 2.75) is 38.5 Å². The zero-order valence-corrected chi connectivity index (χ0v) is 11.7. The predicted molar refractivity (Wildman–Crippen MR) is 75.7 cm³/mol. The van der Waals surface area contributed by atoms with Gasteiger partial charge in [-0.05, 0) is 24.1 Å². The zero-order chi connectivity index (χ0) is 15.0. The molecule has 1 aromatic rings. The molecule has 5 nitrogen and oxygen atoms in total. The van der Waals surface area contributed by atoms with E-state index < -0.39 is 17.8 Å². The fourth-order valence-electron chi connectivity index (χ4n) is 1.90. The lowest BCUT2D eigenvalue weighted by Crippen LogP contribution is -2.23. The molecule has 0 radical (unpaired) electrons. The number of carboxylic acids is 1. The Morgan fingerprint density at radius 2 is 1.90 bits per heavy atom. The van der Waals surface area contributed by atoms with E-state index in [0.717, 1.165) is 19.3 Å². The molecule has 0 heterocycles. The summed E-state index contributed by atoms with van der Waals surface area (Å²) < 4.78 is 5.55. The maximum absolute atomic E-state index is 11.3. The van der Waals surface area contributed by atoms with Crippen LogP contribution >= 0.6 is 0 Å². The highest BCUT2D eigenvalue weighted by molar-refractivity contribution is 5.86. The van der Waals surface area contributed by atoms with Crippen LogP contribution in [0, 0.1) is 0 Å². The van der Waals surface area contributed by atoms with E-state index in [1.165, 1.54) is 0 Å². The predicted octanol–water partition coefficient (Wildman–Crippen LogP) is 2.30. The van der Waals surface area contributed by atoms with Crippen LogP contribution in [0.3, 0.4) is 0 Å². The summed E-state index contributed by atoms with van der Waals surface area (Å²) in [4.78, 5) is 22.0. The van der Waals surface area contributed by atoms with Crippen molar-refractivity contribution in [3.05, 3.63) is 29.8 Å². The van der Waals surface area contributed by atoms with Crippen molar-refractivity contribution in [1.82, 2.24) is 0 Å². The van der Waals surface area contributed by atoms with Crippen LogP contribution in [0.2, 0.25) is 0 Å². The number of carboxylic acid groups (broad SMARTS) is 1. The second kappa shape index (κ2) is 8.19. The van der Waals surface area contributed by atoms with Gasteiger partial charge in [0.25, 0.3) is 0 Å². The smallest absolute Gasteiger partial charge is 0.304 e. The Bertz CT molecular complexity index is 442. The first-order valence-electron chi connectivity index (χ1n) is 6.78.